The van der Waals surface area contributed by atoms with Gasteiger partial charge in [0.05, 0.1) is 22.2 Å². The largest absolute Gasteiger partial charge is 0.490 e. The average molecular weight is 359 g/mol. The Bertz CT molecular complexity index is 523. The van der Waals surface area contributed by atoms with Gasteiger partial charge in [0.1, 0.15) is 6.61 Å². The molecule has 1 aromatic carbocycles. The molecule has 0 heterocycles. The predicted octanol–water partition coefficient (Wildman–Crippen LogP) is 3.23. The molecule has 2 N–H and O–H groups in total. The quantitative estimate of drug-likeness (QED) is 0.816. The van der Waals surface area contributed by atoms with Crippen molar-refractivity contribution < 1.29 is 24.5 Å². The van der Waals surface area contributed by atoms with E-state index in [1.54, 1.807) is 0 Å². The van der Waals surface area contributed by atoms with Crippen LogP contribution >= 0.6 is 15.9 Å². The summed E-state index contributed by atoms with van der Waals surface area (Å²) in [4.78, 5) is 11.1. The molecule has 1 fully saturated rings. The van der Waals surface area contributed by atoms with E-state index >= 15 is 0 Å². The lowest BCUT2D eigenvalue weighted by Crippen LogP contribution is -2.32. The van der Waals surface area contributed by atoms with E-state index in [0.29, 0.717) is 22.6 Å². The van der Waals surface area contributed by atoms with Crippen molar-refractivity contribution in [2.75, 3.05) is 13.2 Å². The smallest absolute Gasteiger partial charge is 0.335 e. The standard InChI is InChI=1S/C15H19BrO5/c1-2-20-12-8-10(14(17)18)7-11(16)13(12)21-9-15(19)5-3-4-6-15/h7-8,19H,2-6,9H2,1H3,(H,17,18). The van der Waals surface area contributed by atoms with Crippen LogP contribution in [0.5, 0.6) is 11.5 Å². The molecule has 0 radical (unpaired) electrons. The summed E-state index contributed by atoms with van der Waals surface area (Å²) in [6.45, 7) is 2.39. The fourth-order valence-electron chi connectivity index (χ4n) is 2.48. The maximum Gasteiger partial charge on any atom is 0.335 e. The molecule has 21 heavy (non-hydrogen) atoms. The number of hydrogen-bond acceptors (Lipinski definition) is 4. The van der Waals surface area contributed by atoms with Crippen LogP contribution in [-0.4, -0.2) is 35.0 Å². The fourth-order valence-corrected chi connectivity index (χ4v) is 3.03. The first-order valence-electron chi connectivity index (χ1n) is 7.00. The molecule has 0 atom stereocenters. The summed E-state index contributed by atoms with van der Waals surface area (Å²) >= 11 is 3.31. The zero-order chi connectivity index (χ0) is 15.5. The van der Waals surface area contributed by atoms with Gasteiger partial charge in [0, 0.05) is 0 Å². The highest BCUT2D eigenvalue weighted by atomic mass is 79.9. The van der Waals surface area contributed by atoms with Crippen molar-refractivity contribution in [1.82, 2.24) is 0 Å². The number of rotatable bonds is 6. The minimum Gasteiger partial charge on any atom is -0.490 e. The van der Waals surface area contributed by atoms with Crippen molar-refractivity contribution in [3.63, 3.8) is 0 Å². The normalized spacial score (nSPS) is 16.7. The zero-order valence-electron chi connectivity index (χ0n) is 11.9. The van der Waals surface area contributed by atoms with E-state index in [0.717, 1.165) is 25.7 Å². The lowest BCUT2D eigenvalue weighted by atomic mass is 10.0. The van der Waals surface area contributed by atoms with Gasteiger partial charge >= 0.3 is 5.97 Å². The Morgan fingerprint density at radius 2 is 2.00 bits per heavy atom. The molecule has 0 amide bonds. The van der Waals surface area contributed by atoms with Gasteiger partial charge in [-0.3, -0.25) is 0 Å². The second-order valence-corrected chi connectivity index (χ2v) is 6.10. The first-order chi connectivity index (χ1) is 9.95. The van der Waals surface area contributed by atoms with Crippen LogP contribution in [0.3, 0.4) is 0 Å². The highest BCUT2D eigenvalue weighted by molar-refractivity contribution is 9.10. The SMILES string of the molecule is CCOc1cc(C(=O)O)cc(Br)c1OCC1(O)CCCC1. The second kappa shape index (κ2) is 6.66. The molecule has 1 aromatic rings. The number of benzene rings is 1. The summed E-state index contributed by atoms with van der Waals surface area (Å²) in [5.41, 5.74) is -0.675. The summed E-state index contributed by atoms with van der Waals surface area (Å²) in [5.74, 6) is -0.231. The topological polar surface area (TPSA) is 76.0 Å². The molecule has 116 valence electrons. The van der Waals surface area contributed by atoms with Gasteiger partial charge in [0.15, 0.2) is 11.5 Å². The summed E-state index contributed by atoms with van der Waals surface area (Å²) in [6, 6.07) is 2.91. The third kappa shape index (κ3) is 3.89. The second-order valence-electron chi connectivity index (χ2n) is 5.24. The minimum absolute atomic E-state index is 0.122. The van der Waals surface area contributed by atoms with Crippen LogP contribution in [-0.2, 0) is 0 Å². The molecule has 0 bridgehead atoms. The summed E-state index contributed by atoms with van der Waals surface area (Å²) < 4.78 is 11.7. The predicted molar refractivity (Wildman–Crippen MR) is 81.2 cm³/mol. The monoisotopic (exact) mass is 358 g/mol. The van der Waals surface area contributed by atoms with Crippen LogP contribution in [0.1, 0.15) is 43.0 Å². The van der Waals surface area contributed by atoms with Gasteiger partial charge in [-0.15, -0.1) is 0 Å². The van der Waals surface area contributed by atoms with Crippen LogP contribution in [0.25, 0.3) is 0 Å². The lowest BCUT2D eigenvalue weighted by Gasteiger charge is -2.23. The first-order valence-corrected chi connectivity index (χ1v) is 7.79. The van der Waals surface area contributed by atoms with Gasteiger partial charge in [-0.05, 0) is 47.8 Å². The van der Waals surface area contributed by atoms with E-state index in [1.165, 1.54) is 12.1 Å². The molecule has 5 nitrogen and oxygen atoms in total. The number of aliphatic hydroxyl groups is 1. The Morgan fingerprint density at radius 3 is 2.57 bits per heavy atom. The van der Waals surface area contributed by atoms with Crippen molar-refractivity contribution in [3.8, 4) is 11.5 Å². The molecule has 1 saturated carbocycles. The van der Waals surface area contributed by atoms with Crippen molar-refractivity contribution in [2.45, 2.75) is 38.2 Å². The molecular formula is C15H19BrO5. The number of aromatic carboxylic acids is 1. The molecule has 0 saturated heterocycles. The fraction of sp³-hybridized carbons (Fsp3) is 0.533. The Balaban J connectivity index is 2.22. The zero-order valence-corrected chi connectivity index (χ0v) is 13.5. The molecule has 0 aliphatic heterocycles. The third-order valence-electron chi connectivity index (χ3n) is 3.58. The third-order valence-corrected chi connectivity index (χ3v) is 4.16. The van der Waals surface area contributed by atoms with E-state index < -0.39 is 11.6 Å². The highest BCUT2D eigenvalue weighted by Gasteiger charge is 2.32. The van der Waals surface area contributed by atoms with E-state index in [-0.39, 0.29) is 12.2 Å². The van der Waals surface area contributed by atoms with Crippen LogP contribution < -0.4 is 9.47 Å². The van der Waals surface area contributed by atoms with Gasteiger partial charge in [0.25, 0.3) is 0 Å². The summed E-state index contributed by atoms with van der Waals surface area (Å²) in [6.07, 6.45) is 3.44. The maximum atomic E-state index is 11.1. The van der Waals surface area contributed by atoms with Crippen molar-refractivity contribution in [1.29, 1.82) is 0 Å². The molecule has 2 rings (SSSR count). The van der Waals surface area contributed by atoms with E-state index in [9.17, 15) is 9.90 Å². The minimum atomic E-state index is -1.03. The van der Waals surface area contributed by atoms with Crippen LogP contribution in [0.15, 0.2) is 16.6 Å². The van der Waals surface area contributed by atoms with Gasteiger partial charge in [-0.25, -0.2) is 4.79 Å². The van der Waals surface area contributed by atoms with Crippen molar-refractivity contribution in [2.24, 2.45) is 0 Å². The van der Waals surface area contributed by atoms with E-state index in [4.69, 9.17) is 14.6 Å². The molecule has 0 spiro atoms. The van der Waals surface area contributed by atoms with E-state index in [2.05, 4.69) is 15.9 Å². The first kappa shape index (κ1) is 16.1. The summed E-state index contributed by atoms with van der Waals surface area (Å²) in [7, 11) is 0. The molecule has 1 aliphatic rings. The van der Waals surface area contributed by atoms with Crippen molar-refractivity contribution >= 4 is 21.9 Å². The molecule has 1 aliphatic carbocycles. The van der Waals surface area contributed by atoms with E-state index in [1.807, 2.05) is 6.92 Å². The number of hydrogen-bond donors (Lipinski definition) is 2. The van der Waals surface area contributed by atoms with Crippen LogP contribution in [0.4, 0.5) is 0 Å². The molecule has 0 unspecified atom stereocenters. The Kier molecular flexibility index (Phi) is 5.11. The highest BCUT2D eigenvalue weighted by Crippen LogP contribution is 2.39. The molecular weight excluding hydrogens is 340 g/mol. The van der Waals surface area contributed by atoms with Crippen LogP contribution in [0.2, 0.25) is 0 Å². The number of carboxylic acid groups (broad SMARTS) is 1. The van der Waals surface area contributed by atoms with Gasteiger partial charge in [-0.1, -0.05) is 12.8 Å². The van der Waals surface area contributed by atoms with Gasteiger partial charge in [-0.2, -0.15) is 0 Å². The number of halogens is 1. The average Bonchev–Trinajstić information content (AvgIpc) is 2.85. The Hall–Kier alpha value is -1.27. The van der Waals surface area contributed by atoms with Crippen LogP contribution in [0, 0.1) is 0 Å². The van der Waals surface area contributed by atoms with Crippen molar-refractivity contribution in [3.05, 3.63) is 22.2 Å². The lowest BCUT2D eigenvalue weighted by molar-refractivity contribution is 0.000342. The molecule has 0 aromatic heterocycles. The molecule has 6 heteroatoms. The summed E-state index contributed by atoms with van der Waals surface area (Å²) in [5, 5.41) is 19.4. The van der Waals surface area contributed by atoms with Gasteiger partial charge < -0.3 is 19.7 Å². The Morgan fingerprint density at radius 1 is 1.33 bits per heavy atom. The maximum absolute atomic E-state index is 11.1. The number of ether oxygens (including phenoxy) is 2. The Labute approximate surface area is 132 Å². The number of carbonyl (C=O) groups is 1. The number of carboxylic acids is 1. The van der Waals surface area contributed by atoms with Gasteiger partial charge in [0.2, 0.25) is 0 Å².